The molecule has 8 heteroatoms. The van der Waals surface area contributed by atoms with Crippen LogP contribution < -0.4 is 16.4 Å². The van der Waals surface area contributed by atoms with Gasteiger partial charge in [0.2, 0.25) is 0 Å². The quantitative estimate of drug-likeness (QED) is 0.777. The number of nitrogens with two attached hydrogens (primary N) is 2. The Hall–Kier alpha value is -1.41. The lowest BCUT2D eigenvalue weighted by atomic mass is 10.1. The van der Waals surface area contributed by atoms with E-state index in [1.165, 1.54) is 6.26 Å². The second-order valence-electron chi connectivity index (χ2n) is 4.66. The van der Waals surface area contributed by atoms with E-state index < -0.39 is 21.1 Å². The zero-order chi connectivity index (χ0) is 14.9. The van der Waals surface area contributed by atoms with Crippen LogP contribution in [0.25, 0.3) is 0 Å². The number of nitrogen functional groups attached to an aromatic ring is 1. The molecule has 1 fully saturated rings. The Labute approximate surface area is 122 Å². The molecule has 110 valence electrons. The fourth-order valence-corrected chi connectivity index (χ4v) is 5.10. The van der Waals surface area contributed by atoms with Crippen molar-refractivity contribution < 1.29 is 13.2 Å². The monoisotopic (exact) mass is 315 g/mol. The summed E-state index contributed by atoms with van der Waals surface area (Å²) in [5, 5.41) is -0.691. The van der Waals surface area contributed by atoms with Gasteiger partial charge in [-0.25, -0.2) is 8.42 Å². The van der Waals surface area contributed by atoms with Crippen LogP contribution in [0.2, 0.25) is 0 Å². The lowest BCUT2D eigenvalue weighted by molar-refractivity contribution is 0.100. The summed E-state index contributed by atoms with van der Waals surface area (Å²) >= 11 is 1.57. The third-order valence-electron chi connectivity index (χ3n) is 3.20. The molecule has 6 nitrogen and oxygen atoms in total. The average molecular weight is 315 g/mol. The van der Waals surface area contributed by atoms with Crippen molar-refractivity contribution in [3.8, 4) is 0 Å². The van der Waals surface area contributed by atoms with E-state index >= 15 is 0 Å². The molecule has 1 unspecified atom stereocenters. The van der Waals surface area contributed by atoms with Crippen LogP contribution in [0, 0.1) is 0 Å². The van der Waals surface area contributed by atoms with Crippen LogP contribution in [-0.2, 0) is 9.84 Å². The molecule has 1 heterocycles. The number of para-hydroxylation sites is 1. The van der Waals surface area contributed by atoms with Gasteiger partial charge < -0.3 is 16.4 Å². The summed E-state index contributed by atoms with van der Waals surface area (Å²) in [6.45, 7) is 0.511. The van der Waals surface area contributed by atoms with Crippen LogP contribution >= 0.6 is 11.8 Å². The van der Waals surface area contributed by atoms with Crippen molar-refractivity contribution in [1.29, 1.82) is 0 Å². The number of benzene rings is 1. The molecule has 0 aromatic heterocycles. The highest BCUT2D eigenvalue weighted by Crippen LogP contribution is 2.33. The second-order valence-corrected chi connectivity index (χ2v) is 8.01. The van der Waals surface area contributed by atoms with Crippen molar-refractivity contribution in [3.63, 3.8) is 0 Å². The fraction of sp³-hybridized carbons (Fsp3) is 0.417. The van der Waals surface area contributed by atoms with E-state index in [-0.39, 0.29) is 5.56 Å². The summed E-state index contributed by atoms with van der Waals surface area (Å²) in [6.07, 6.45) is 1.19. The number of hydrogen-bond acceptors (Lipinski definition) is 6. The number of carbonyl (C=O) groups is 1. The molecule has 4 N–H and O–H groups in total. The maximum absolute atomic E-state index is 12.0. The Morgan fingerprint density at radius 2 is 2.15 bits per heavy atom. The highest BCUT2D eigenvalue weighted by atomic mass is 32.2. The molecule has 0 radical (unpaired) electrons. The Bertz CT molecular complexity index is 631. The normalized spacial score (nSPS) is 19.9. The number of thioether (sulfide) groups is 1. The average Bonchev–Trinajstić information content (AvgIpc) is 2.37. The molecule has 1 amide bonds. The third-order valence-corrected chi connectivity index (χ3v) is 5.84. The van der Waals surface area contributed by atoms with Gasteiger partial charge in [-0.2, -0.15) is 11.8 Å². The van der Waals surface area contributed by atoms with E-state index in [0.29, 0.717) is 23.7 Å². The molecule has 1 aromatic carbocycles. The van der Waals surface area contributed by atoms with Crippen LogP contribution in [0.1, 0.15) is 10.4 Å². The summed E-state index contributed by atoms with van der Waals surface area (Å²) in [6, 6.07) is 4.84. The molecule has 1 aromatic rings. The van der Waals surface area contributed by atoms with Crippen molar-refractivity contribution in [2.24, 2.45) is 5.73 Å². The van der Waals surface area contributed by atoms with E-state index in [2.05, 4.69) is 0 Å². The van der Waals surface area contributed by atoms with E-state index in [1.54, 1.807) is 34.9 Å². The molecule has 0 bridgehead atoms. The Morgan fingerprint density at radius 1 is 1.45 bits per heavy atom. The lowest BCUT2D eigenvalue weighted by Crippen LogP contribution is -2.48. The fourth-order valence-electron chi connectivity index (χ4n) is 2.27. The molecule has 1 aliphatic heterocycles. The zero-order valence-corrected chi connectivity index (χ0v) is 12.7. The molecule has 2 rings (SSSR count). The van der Waals surface area contributed by atoms with Gasteiger partial charge in [-0.1, -0.05) is 6.07 Å². The van der Waals surface area contributed by atoms with Crippen LogP contribution in [0.15, 0.2) is 18.2 Å². The summed E-state index contributed by atoms with van der Waals surface area (Å²) in [7, 11) is -3.28. The van der Waals surface area contributed by atoms with Gasteiger partial charge in [0, 0.05) is 24.3 Å². The summed E-state index contributed by atoms with van der Waals surface area (Å²) < 4.78 is 23.9. The lowest BCUT2D eigenvalue weighted by Gasteiger charge is -2.37. The first-order chi connectivity index (χ1) is 9.32. The van der Waals surface area contributed by atoms with Crippen molar-refractivity contribution in [1.82, 2.24) is 0 Å². The standard InChI is InChI=1S/C12H17N3O3S2/c1-20(17,18)10-7-19-6-5-15(10)11-8(12(14)16)3-2-4-9(11)13/h2-4,10H,5-7,13H2,1H3,(H2,14,16). The van der Waals surface area contributed by atoms with Crippen molar-refractivity contribution in [2.75, 3.05) is 34.9 Å². The predicted octanol–water partition coefficient (Wildman–Crippen LogP) is 0.292. The van der Waals surface area contributed by atoms with Gasteiger partial charge >= 0.3 is 0 Å². The molecular formula is C12H17N3O3S2. The largest absolute Gasteiger partial charge is 0.397 e. The molecule has 1 saturated heterocycles. The number of anilines is 2. The maximum Gasteiger partial charge on any atom is 0.250 e. The van der Waals surface area contributed by atoms with Crippen LogP contribution in [-0.4, -0.2) is 44.0 Å². The highest BCUT2D eigenvalue weighted by Gasteiger charge is 2.33. The molecule has 20 heavy (non-hydrogen) atoms. The topological polar surface area (TPSA) is 106 Å². The first kappa shape index (κ1) is 15.0. The Kier molecular flexibility index (Phi) is 4.14. The summed E-state index contributed by atoms with van der Waals surface area (Å²) in [5.74, 6) is 0.613. The minimum absolute atomic E-state index is 0.255. The molecule has 1 aliphatic rings. The Balaban J connectivity index is 2.56. The second kappa shape index (κ2) is 5.53. The van der Waals surface area contributed by atoms with Crippen LogP contribution in [0.4, 0.5) is 11.4 Å². The van der Waals surface area contributed by atoms with Gasteiger partial charge in [0.05, 0.1) is 16.9 Å². The van der Waals surface area contributed by atoms with Gasteiger partial charge in [0.25, 0.3) is 5.91 Å². The van der Waals surface area contributed by atoms with E-state index in [9.17, 15) is 13.2 Å². The number of sulfone groups is 1. The van der Waals surface area contributed by atoms with E-state index in [1.807, 2.05) is 0 Å². The molecular weight excluding hydrogens is 298 g/mol. The van der Waals surface area contributed by atoms with Crippen molar-refractivity contribution in [2.45, 2.75) is 5.37 Å². The van der Waals surface area contributed by atoms with Gasteiger partial charge in [-0.3, -0.25) is 4.79 Å². The SMILES string of the molecule is CS(=O)(=O)C1CSCCN1c1c(N)cccc1C(N)=O. The van der Waals surface area contributed by atoms with Crippen molar-refractivity contribution >= 4 is 38.9 Å². The number of amides is 1. The van der Waals surface area contributed by atoms with Gasteiger partial charge in [-0.05, 0) is 12.1 Å². The highest BCUT2D eigenvalue weighted by molar-refractivity contribution is 8.01. The first-order valence-corrected chi connectivity index (χ1v) is 9.15. The van der Waals surface area contributed by atoms with E-state index in [0.717, 1.165) is 5.75 Å². The molecule has 0 aliphatic carbocycles. The van der Waals surface area contributed by atoms with Gasteiger partial charge in [0.15, 0.2) is 9.84 Å². The van der Waals surface area contributed by atoms with Crippen LogP contribution in [0.3, 0.4) is 0 Å². The summed E-state index contributed by atoms with van der Waals surface area (Å²) in [4.78, 5) is 13.2. The van der Waals surface area contributed by atoms with E-state index in [4.69, 9.17) is 11.5 Å². The molecule has 1 atom stereocenters. The maximum atomic E-state index is 12.0. The minimum atomic E-state index is -3.28. The third kappa shape index (κ3) is 2.85. The number of hydrogen-bond donors (Lipinski definition) is 2. The number of primary amides is 1. The number of carbonyl (C=O) groups excluding carboxylic acids is 1. The zero-order valence-electron chi connectivity index (χ0n) is 11.1. The van der Waals surface area contributed by atoms with Crippen LogP contribution in [0.5, 0.6) is 0 Å². The summed E-state index contributed by atoms with van der Waals surface area (Å²) in [5.41, 5.74) is 12.4. The molecule has 0 saturated carbocycles. The smallest absolute Gasteiger partial charge is 0.250 e. The van der Waals surface area contributed by atoms with Gasteiger partial charge in [0.1, 0.15) is 5.37 Å². The minimum Gasteiger partial charge on any atom is -0.397 e. The van der Waals surface area contributed by atoms with Crippen molar-refractivity contribution in [3.05, 3.63) is 23.8 Å². The Morgan fingerprint density at radius 3 is 2.75 bits per heavy atom. The molecule has 0 spiro atoms. The number of rotatable bonds is 3. The number of nitrogens with zero attached hydrogens (tertiary/aromatic N) is 1. The first-order valence-electron chi connectivity index (χ1n) is 6.04. The van der Waals surface area contributed by atoms with Gasteiger partial charge in [-0.15, -0.1) is 0 Å². The predicted molar refractivity (Wildman–Crippen MR) is 82.7 cm³/mol.